The van der Waals surface area contributed by atoms with Crippen LogP contribution in [0.25, 0.3) is 0 Å². The average molecular weight is 276 g/mol. The Morgan fingerprint density at radius 1 is 1.40 bits per heavy atom. The molecule has 0 bridgehead atoms. The third kappa shape index (κ3) is 5.31. The fraction of sp³-hybridized carbons (Fsp3) is 0.562. The summed E-state index contributed by atoms with van der Waals surface area (Å²) in [5, 5.41) is 16.0. The molecule has 2 unspecified atom stereocenters. The van der Waals surface area contributed by atoms with E-state index in [9.17, 15) is 9.90 Å². The van der Waals surface area contributed by atoms with E-state index in [2.05, 4.69) is 10.6 Å². The molecular formula is C16H24N2O2. The van der Waals surface area contributed by atoms with E-state index >= 15 is 0 Å². The van der Waals surface area contributed by atoms with E-state index < -0.39 is 6.10 Å². The standard InChI is InChI=1S/C16H24N2O2/c19-15(10-13-4-2-1-3-5-13)12-18-16(20)7-6-14-8-9-17-11-14/h1-5,14-15,17,19H,6-12H2,(H,18,20). The van der Waals surface area contributed by atoms with E-state index in [0.29, 0.717) is 25.3 Å². The number of rotatable bonds is 7. The van der Waals surface area contributed by atoms with Crippen LogP contribution in [0.1, 0.15) is 24.8 Å². The van der Waals surface area contributed by atoms with Crippen molar-refractivity contribution in [1.29, 1.82) is 0 Å². The van der Waals surface area contributed by atoms with Crippen LogP contribution >= 0.6 is 0 Å². The molecule has 2 atom stereocenters. The van der Waals surface area contributed by atoms with Crippen molar-refractivity contribution < 1.29 is 9.90 Å². The normalized spacial score (nSPS) is 19.8. The molecule has 1 aromatic carbocycles. The van der Waals surface area contributed by atoms with Crippen LogP contribution in [0.2, 0.25) is 0 Å². The first-order chi connectivity index (χ1) is 9.74. The lowest BCUT2D eigenvalue weighted by Crippen LogP contribution is -2.33. The highest BCUT2D eigenvalue weighted by molar-refractivity contribution is 5.75. The van der Waals surface area contributed by atoms with E-state index in [4.69, 9.17) is 0 Å². The molecule has 1 aliphatic rings. The van der Waals surface area contributed by atoms with Crippen molar-refractivity contribution in [2.75, 3.05) is 19.6 Å². The van der Waals surface area contributed by atoms with E-state index in [-0.39, 0.29) is 5.91 Å². The number of benzene rings is 1. The molecule has 1 heterocycles. The summed E-state index contributed by atoms with van der Waals surface area (Å²) in [6.45, 7) is 2.43. The van der Waals surface area contributed by atoms with Crippen LogP contribution in [-0.4, -0.2) is 36.8 Å². The van der Waals surface area contributed by atoms with Gasteiger partial charge in [0.15, 0.2) is 0 Å². The van der Waals surface area contributed by atoms with Gasteiger partial charge in [-0.1, -0.05) is 30.3 Å². The molecule has 110 valence electrons. The quantitative estimate of drug-likeness (QED) is 0.699. The fourth-order valence-electron chi connectivity index (χ4n) is 2.57. The summed E-state index contributed by atoms with van der Waals surface area (Å²) in [6, 6.07) is 9.83. The first-order valence-corrected chi connectivity index (χ1v) is 7.43. The number of carbonyl (C=O) groups excluding carboxylic acids is 1. The minimum atomic E-state index is -0.519. The molecule has 0 spiro atoms. The molecule has 1 aliphatic heterocycles. The molecule has 4 heteroatoms. The Bertz CT molecular complexity index is 402. The van der Waals surface area contributed by atoms with Crippen molar-refractivity contribution in [3.05, 3.63) is 35.9 Å². The summed E-state index contributed by atoms with van der Waals surface area (Å²) >= 11 is 0. The predicted molar refractivity (Wildman–Crippen MR) is 79.4 cm³/mol. The summed E-state index contributed by atoms with van der Waals surface area (Å²) in [7, 11) is 0. The molecule has 2 rings (SSSR count). The number of carbonyl (C=O) groups is 1. The van der Waals surface area contributed by atoms with E-state index in [0.717, 1.165) is 25.1 Å². The van der Waals surface area contributed by atoms with Gasteiger partial charge in [0.2, 0.25) is 5.91 Å². The lowest BCUT2D eigenvalue weighted by Gasteiger charge is -2.13. The molecule has 0 aliphatic carbocycles. The summed E-state index contributed by atoms with van der Waals surface area (Å²) in [6.07, 6.45) is 2.73. The van der Waals surface area contributed by atoms with Gasteiger partial charge in [0, 0.05) is 19.4 Å². The van der Waals surface area contributed by atoms with E-state index in [1.165, 1.54) is 6.42 Å². The van der Waals surface area contributed by atoms with Gasteiger partial charge in [-0.2, -0.15) is 0 Å². The van der Waals surface area contributed by atoms with Gasteiger partial charge in [-0.25, -0.2) is 0 Å². The third-order valence-corrected chi connectivity index (χ3v) is 3.79. The van der Waals surface area contributed by atoms with Gasteiger partial charge in [-0.05, 0) is 37.4 Å². The Morgan fingerprint density at radius 3 is 2.90 bits per heavy atom. The van der Waals surface area contributed by atoms with Crippen molar-refractivity contribution in [1.82, 2.24) is 10.6 Å². The first kappa shape index (κ1) is 15.0. The highest BCUT2D eigenvalue weighted by Gasteiger charge is 2.16. The summed E-state index contributed by atoms with van der Waals surface area (Å²) < 4.78 is 0. The smallest absolute Gasteiger partial charge is 0.220 e. The lowest BCUT2D eigenvalue weighted by molar-refractivity contribution is -0.121. The maximum atomic E-state index is 11.7. The van der Waals surface area contributed by atoms with Gasteiger partial charge in [-0.3, -0.25) is 4.79 Å². The van der Waals surface area contributed by atoms with Crippen LogP contribution in [0.4, 0.5) is 0 Å². The maximum Gasteiger partial charge on any atom is 0.220 e. The zero-order valence-corrected chi connectivity index (χ0v) is 11.8. The molecule has 1 fully saturated rings. The monoisotopic (exact) mass is 276 g/mol. The van der Waals surface area contributed by atoms with Crippen molar-refractivity contribution >= 4 is 5.91 Å². The first-order valence-electron chi connectivity index (χ1n) is 7.43. The topological polar surface area (TPSA) is 61.4 Å². The second-order valence-corrected chi connectivity index (χ2v) is 5.55. The number of hydrogen-bond acceptors (Lipinski definition) is 3. The molecule has 3 N–H and O–H groups in total. The second kappa shape index (κ2) is 8.02. The highest BCUT2D eigenvalue weighted by atomic mass is 16.3. The number of aliphatic hydroxyl groups is 1. The Kier molecular flexibility index (Phi) is 6.02. The molecule has 0 aromatic heterocycles. The highest BCUT2D eigenvalue weighted by Crippen LogP contribution is 2.13. The van der Waals surface area contributed by atoms with Crippen LogP contribution < -0.4 is 10.6 Å². The van der Waals surface area contributed by atoms with Crippen LogP contribution in [0.3, 0.4) is 0 Å². The minimum absolute atomic E-state index is 0.0454. The second-order valence-electron chi connectivity index (χ2n) is 5.55. The molecule has 0 radical (unpaired) electrons. The SMILES string of the molecule is O=C(CCC1CCNC1)NCC(O)Cc1ccccc1. The Hall–Kier alpha value is -1.39. The largest absolute Gasteiger partial charge is 0.391 e. The van der Waals surface area contributed by atoms with Crippen molar-refractivity contribution in [3.8, 4) is 0 Å². The molecular weight excluding hydrogens is 252 g/mol. The molecule has 1 amide bonds. The van der Waals surface area contributed by atoms with Gasteiger partial charge in [-0.15, -0.1) is 0 Å². The number of hydrogen-bond donors (Lipinski definition) is 3. The molecule has 0 saturated carbocycles. The number of aliphatic hydroxyl groups excluding tert-OH is 1. The van der Waals surface area contributed by atoms with Gasteiger partial charge < -0.3 is 15.7 Å². The zero-order valence-electron chi connectivity index (χ0n) is 11.8. The van der Waals surface area contributed by atoms with Crippen LogP contribution in [-0.2, 0) is 11.2 Å². The number of amides is 1. The van der Waals surface area contributed by atoms with Crippen molar-refractivity contribution in [2.45, 2.75) is 31.8 Å². The maximum absolute atomic E-state index is 11.7. The minimum Gasteiger partial charge on any atom is -0.391 e. The summed E-state index contributed by atoms with van der Waals surface area (Å²) in [5.41, 5.74) is 1.09. The average Bonchev–Trinajstić information content (AvgIpc) is 2.97. The van der Waals surface area contributed by atoms with Gasteiger partial charge >= 0.3 is 0 Å². The van der Waals surface area contributed by atoms with Crippen LogP contribution in [0, 0.1) is 5.92 Å². The van der Waals surface area contributed by atoms with E-state index in [1.807, 2.05) is 30.3 Å². The third-order valence-electron chi connectivity index (χ3n) is 3.79. The summed E-state index contributed by atoms with van der Waals surface area (Å²) in [4.78, 5) is 11.7. The molecule has 20 heavy (non-hydrogen) atoms. The molecule has 1 aromatic rings. The number of nitrogens with one attached hydrogen (secondary N) is 2. The zero-order chi connectivity index (χ0) is 14.2. The fourth-order valence-corrected chi connectivity index (χ4v) is 2.57. The van der Waals surface area contributed by atoms with Crippen LogP contribution in [0.15, 0.2) is 30.3 Å². The van der Waals surface area contributed by atoms with Crippen molar-refractivity contribution in [3.63, 3.8) is 0 Å². The van der Waals surface area contributed by atoms with Gasteiger partial charge in [0.05, 0.1) is 6.10 Å². The Balaban J connectivity index is 1.60. The Morgan fingerprint density at radius 2 is 2.20 bits per heavy atom. The van der Waals surface area contributed by atoms with E-state index in [1.54, 1.807) is 0 Å². The molecule has 4 nitrogen and oxygen atoms in total. The predicted octanol–water partition coefficient (Wildman–Crippen LogP) is 1.10. The van der Waals surface area contributed by atoms with Crippen molar-refractivity contribution in [2.24, 2.45) is 5.92 Å². The Labute approximate surface area is 120 Å². The molecule has 1 saturated heterocycles. The van der Waals surface area contributed by atoms with Crippen LogP contribution in [0.5, 0.6) is 0 Å². The lowest BCUT2D eigenvalue weighted by atomic mass is 10.0. The van der Waals surface area contributed by atoms with Gasteiger partial charge in [0.1, 0.15) is 0 Å². The van der Waals surface area contributed by atoms with Gasteiger partial charge in [0.25, 0.3) is 0 Å². The summed E-state index contributed by atoms with van der Waals surface area (Å²) in [5.74, 6) is 0.680.